The van der Waals surface area contributed by atoms with Gasteiger partial charge in [0.1, 0.15) is 39.9 Å². The Hall–Kier alpha value is -6.37. The van der Waals surface area contributed by atoms with E-state index in [1.165, 1.54) is 37.7 Å². The Morgan fingerprint density at radius 2 is 1.50 bits per heavy atom. The normalized spacial score (nSPS) is 13.1. The van der Waals surface area contributed by atoms with E-state index in [-0.39, 0.29) is 39.9 Å². The summed E-state index contributed by atoms with van der Waals surface area (Å²) >= 11 is 2.44. The molecule has 0 unspecified atom stereocenters. The number of carbonyl (C=O) groups excluding carboxylic acids is 1. The summed E-state index contributed by atoms with van der Waals surface area (Å²) in [5.74, 6) is 0.939. The van der Waals surface area contributed by atoms with Gasteiger partial charge in [-0.15, -0.1) is 22.7 Å². The number of aromatic nitrogens is 2. The molecule has 3 N–H and O–H groups in total. The molecule has 2 aromatic heterocycles. The first kappa shape index (κ1) is 35.5. The Labute approximate surface area is 306 Å². The van der Waals surface area contributed by atoms with Crippen molar-refractivity contribution in [3.63, 3.8) is 0 Å². The summed E-state index contributed by atoms with van der Waals surface area (Å²) in [5.41, 5.74) is 3.44. The smallest absolute Gasteiger partial charge is 0.338 e. The molecule has 3 heterocycles. The van der Waals surface area contributed by atoms with Gasteiger partial charge in [-0.25, -0.2) is 14.8 Å². The molecular weight excluding hydrogens is 707 g/mol. The fourth-order valence-corrected chi connectivity index (χ4v) is 7.12. The summed E-state index contributed by atoms with van der Waals surface area (Å²) in [5, 5.41) is 44.7. The fourth-order valence-electron chi connectivity index (χ4n) is 5.38. The zero-order valence-corrected chi connectivity index (χ0v) is 29.9. The molecule has 15 heteroatoms. The molecule has 0 amide bonds. The summed E-state index contributed by atoms with van der Waals surface area (Å²) in [6.07, 6.45) is 0. The number of hydrogen-bond acceptors (Lipinski definition) is 14. The number of ether oxygens (including phenoxy) is 5. The van der Waals surface area contributed by atoms with Crippen LogP contribution in [0, 0.1) is 16.7 Å². The lowest BCUT2D eigenvalue weighted by atomic mass is 10.1. The zero-order valence-electron chi connectivity index (χ0n) is 28.3. The van der Waals surface area contributed by atoms with Gasteiger partial charge in [-0.1, -0.05) is 6.07 Å². The number of carbonyl (C=O) groups is 1. The molecule has 0 fully saturated rings. The predicted octanol–water partition coefficient (Wildman–Crippen LogP) is 7.38. The Morgan fingerprint density at radius 1 is 0.885 bits per heavy atom. The second-order valence-electron chi connectivity index (χ2n) is 11.0. The first-order valence-corrected chi connectivity index (χ1v) is 17.2. The topological polar surface area (TPSA) is 180 Å². The molecule has 0 radical (unpaired) electrons. The number of anilines is 1. The highest BCUT2D eigenvalue weighted by Crippen LogP contribution is 2.38. The molecule has 5 aromatic rings. The van der Waals surface area contributed by atoms with Crippen LogP contribution < -0.4 is 23.8 Å². The maximum Gasteiger partial charge on any atom is 0.338 e. The maximum atomic E-state index is 13.1. The van der Waals surface area contributed by atoms with Crippen molar-refractivity contribution in [2.24, 2.45) is 0 Å². The Morgan fingerprint density at radius 3 is 2.12 bits per heavy atom. The van der Waals surface area contributed by atoms with Crippen LogP contribution in [0.1, 0.15) is 20.4 Å². The summed E-state index contributed by atoms with van der Waals surface area (Å²) in [7, 11) is 6.17. The van der Waals surface area contributed by atoms with Crippen LogP contribution in [0.15, 0.2) is 82.9 Å². The van der Waals surface area contributed by atoms with Gasteiger partial charge in [-0.2, -0.15) is 5.26 Å². The monoisotopic (exact) mass is 737 g/mol. The second-order valence-corrected chi connectivity index (χ2v) is 12.7. The van der Waals surface area contributed by atoms with Crippen molar-refractivity contribution in [3.8, 4) is 51.6 Å². The Kier molecular flexibility index (Phi) is 10.4. The van der Waals surface area contributed by atoms with Crippen LogP contribution in [-0.2, 0) is 4.74 Å². The minimum absolute atomic E-state index is 0.00590. The summed E-state index contributed by atoms with van der Waals surface area (Å²) in [6, 6.07) is 19.0. The number of nitriles is 1. The molecule has 0 aliphatic carbocycles. The van der Waals surface area contributed by atoms with Crippen LogP contribution in [0.3, 0.4) is 0 Å². The van der Waals surface area contributed by atoms with E-state index in [1.54, 1.807) is 67.0 Å². The molecule has 0 atom stereocenters. The minimum atomic E-state index is -0.765. The first-order valence-electron chi connectivity index (χ1n) is 15.4. The van der Waals surface area contributed by atoms with E-state index in [2.05, 4.69) is 9.97 Å². The van der Waals surface area contributed by atoms with Crippen molar-refractivity contribution >= 4 is 51.3 Å². The molecular formula is C37H31N5O8S2. The highest BCUT2D eigenvalue weighted by Gasteiger charge is 2.32. The highest BCUT2D eigenvalue weighted by molar-refractivity contribution is 7.11. The Bertz CT molecular complexity index is 2290. The maximum absolute atomic E-state index is 13.1. The third kappa shape index (κ3) is 6.97. The number of benzene rings is 3. The van der Waals surface area contributed by atoms with E-state index >= 15 is 0 Å². The van der Waals surface area contributed by atoms with Crippen molar-refractivity contribution in [3.05, 3.63) is 98.5 Å². The van der Waals surface area contributed by atoms with Gasteiger partial charge in [0.2, 0.25) is 0 Å². The first-order chi connectivity index (χ1) is 25.2. The quantitative estimate of drug-likeness (QED) is 0.0658. The lowest BCUT2D eigenvalue weighted by Gasteiger charge is -2.19. The molecule has 1 aliphatic rings. The predicted molar refractivity (Wildman–Crippen MR) is 198 cm³/mol. The van der Waals surface area contributed by atoms with E-state index in [9.17, 15) is 20.3 Å². The van der Waals surface area contributed by atoms with Crippen LogP contribution in [0.2, 0.25) is 0 Å². The van der Waals surface area contributed by atoms with Gasteiger partial charge in [0.05, 0.1) is 57.5 Å². The number of methoxy groups -OCH3 is 4. The number of aliphatic hydroxyl groups is 2. The number of aliphatic hydroxyl groups excluding tert-OH is 2. The van der Waals surface area contributed by atoms with E-state index in [0.29, 0.717) is 45.1 Å². The summed E-state index contributed by atoms with van der Waals surface area (Å²) < 4.78 is 26.7. The van der Waals surface area contributed by atoms with Gasteiger partial charge in [-0.05, 0) is 54.6 Å². The van der Waals surface area contributed by atoms with Gasteiger partial charge < -0.3 is 38.8 Å². The van der Waals surface area contributed by atoms with Crippen LogP contribution in [0.25, 0.3) is 33.7 Å². The lowest BCUT2D eigenvalue weighted by molar-refractivity contribution is 0.0503. The second kappa shape index (κ2) is 15.3. The number of allylic oxidation sites excluding steroid dienone is 1. The standard InChI is InChI=1S/C37H31N5O8S2/c1-46-29-10-8-20(13-31(29)48-3)25-18-51-35(40-25)24(15-38)28(44)17-50-37(45)22-6-5-7-23(12-22)42-16-27(43)33(34(42)39)36-41-26(19-52-36)21-9-11-30(47-2)32(14-21)49-4/h5-14,18-19,39,43-44H,16-17H2,1-4H3. The molecule has 13 nitrogen and oxygen atoms in total. The van der Waals surface area contributed by atoms with Crippen LogP contribution in [0.4, 0.5) is 5.69 Å². The van der Waals surface area contributed by atoms with Gasteiger partial charge in [0.15, 0.2) is 28.8 Å². The van der Waals surface area contributed by atoms with Crippen molar-refractivity contribution in [1.29, 1.82) is 10.7 Å². The molecule has 1 aliphatic heterocycles. The van der Waals surface area contributed by atoms with Gasteiger partial charge >= 0.3 is 5.97 Å². The summed E-state index contributed by atoms with van der Waals surface area (Å²) in [4.78, 5) is 23.8. The van der Waals surface area contributed by atoms with Crippen molar-refractivity contribution < 1.29 is 38.7 Å². The number of rotatable bonds is 12. The van der Waals surface area contributed by atoms with E-state index in [1.807, 2.05) is 17.5 Å². The largest absolute Gasteiger partial charge is 0.510 e. The molecule has 52 heavy (non-hydrogen) atoms. The van der Waals surface area contributed by atoms with Crippen molar-refractivity contribution in [2.45, 2.75) is 0 Å². The SMILES string of the molecule is COc1ccc(-c2csc(C(C#N)=C(O)COC(=O)c3cccc(N4CC(O)=C(c5nc(-c6ccc(OC)c(OC)c6)cs5)C4=N)c3)n2)cc1OC. The molecule has 0 spiro atoms. The molecule has 264 valence electrons. The van der Waals surface area contributed by atoms with Crippen LogP contribution in [0.5, 0.6) is 23.0 Å². The number of esters is 1. The minimum Gasteiger partial charge on any atom is -0.510 e. The fraction of sp³-hybridized carbons (Fsp3) is 0.162. The van der Waals surface area contributed by atoms with E-state index in [0.717, 1.165) is 22.5 Å². The average Bonchev–Trinajstić information content (AvgIpc) is 3.93. The van der Waals surface area contributed by atoms with Gasteiger partial charge in [0, 0.05) is 27.6 Å². The van der Waals surface area contributed by atoms with Crippen molar-refractivity contribution in [2.75, 3.05) is 46.5 Å². The zero-order chi connectivity index (χ0) is 36.9. The van der Waals surface area contributed by atoms with Crippen LogP contribution >= 0.6 is 22.7 Å². The number of amidine groups is 1. The molecule has 3 aromatic carbocycles. The molecule has 6 rings (SSSR count). The Balaban J connectivity index is 1.14. The number of nitrogens with zero attached hydrogens (tertiary/aromatic N) is 4. The highest BCUT2D eigenvalue weighted by atomic mass is 32.1. The number of hydrogen-bond donors (Lipinski definition) is 3. The number of thiazole rings is 2. The van der Waals surface area contributed by atoms with E-state index < -0.39 is 18.3 Å². The summed E-state index contributed by atoms with van der Waals surface area (Å²) in [6.45, 7) is -0.582. The molecule has 0 saturated heterocycles. The van der Waals surface area contributed by atoms with Crippen molar-refractivity contribution in [1.82, 2.24) is 9.97 Å². The lowest BCUT2D eigenvalue weighted by Crippen LogP contribution is -2.26. The van der Waals surface area contributed by atoms with Gasteiger partial charge in [0.25, 0.3) is 0 Å². The van der Waals surface area contributed by atoms with Gasteiger partial charge in [-0.3, -0.25) is 5.41 Å². The van der Waals surface area contributed by atoms with Crippen LogP contribution in [-0.4, -0.2) is 73.6 Å². The van der Waals surface area contributed by atoms with E-state index in [4.69, 9.17) is 29.1 Å². The molecule has 0 bridgehead atoms. The third-order valence-corrected chi connectivity index (χ3v) is 9.75. The average molecular weight is 738 g/mol. The third-order valence-electron chi connectivity index (χ3n) is 8.03. The number of nitrogens with one attached hydrogen (secondary N) is 1. The molecule has 0 saturated carbocycles.